The van der Waals surface area contributed by atoms with Crippen molar-refractivity contribution in [1.29, 1.82) is 0 Å². The summed E-state index contributed by atoms with van der Waals surface area (Å²) in [6.07, 6.45) is 4.24. The molecule has 1 atom stereocenters. The molecule has 0 aromatic rings. The Kier molecular flexibility index (Phi) is 5.09. The van der Waals surface area contributed by atoms with E-state index in [1.165, 1.54) is 12.8 Å². The molecule has 1 rings (SSSR count). The van der Waals surface area contributed by atoms with Gasteiger partial charge in [0.05, 0.1) is 0 Å². The molecule has 15 heavy (non-hydrogen) atoms. The first-order valence-corrected chi connectivity index (χ1v) is 6.19. The zero-order valence-corrected chi connectivity index (χ0v) is 10.0. The summed E-state index contributed by atoms with van der Waals surface area (Å²) >= 11 is 0. The summed E-state index contributed by atoms with van der Waals surface area (Å²) in [5.74, 6) is 1.44. The highest BCUT2D eigenvalue weighted by molar-refractivity contribution is 5.76. The summed E-state index contributed by atoms with van der Waals surface area (Å²) < 4.78 is 0. The molecule has 0 radical (unpaired) electrons. The molecule has 0 saturated heterocycles. The van der Waals surface area contributed by atoms with Gasteiger partial charge in [0, 0.05) is 19.5 Å². The highest BCUT2D eigenvalue weighted by Crippen LogP contribution is 2.30. The van der Waals surface area contributed by atoms with Crippen LogP contribution in [0.2, 0.25) is 0 Å². The topological polar surface area (TPSA) is 46.3 Å². The average Bonchev–Trinajstić information content (AvgIpc) is 3.05. The van der Waals surface area contributed by atoms with Crippen molar-refractivity contribution in [2.24, 2.45) is 17.6 Å². The summed E-state index contributed by atoms with van der Waals surface area (Å²) in [5.41, 5.74) is 5.62. The second-order valence-corrected chi connectivity index (χ2v) is 4.59. The first-order valence-electron chi connectivity index (χ1n) is 6.19. The molecule has 1 amide bonds. The first-order chi connectivity index (χ1) is 7.21. The number of hydrogen-bond donors (Lipinski definition) is 1. The van der Waals surface area contributed by atoms with Crippen molar-refractivity contribution in [3.8, 4) is 0 Å². The van der Waals surface area contributed by atoms with E-state index in [-0.39, 0.29) is 0 Å². The molecule has 1 aliphatic carbocycles. The zero-order valence-electron chi connectivity index (χ0n) is 10.0. The summed E-state index contributed by atoms with van der Waals surface area (Å²) in [5, 5.41) is 0. The third kappa shape index (κ3) is 4.20. The van der Waals surface area contributed by atoms with Crippen LogP contribution in [0.4, 0.5) is 0 Å². The SMILES string of the molecule is CCC(CN)CC(=O)N(CC)CC1CC1. The van der Waals surface area contributed by atoms with Gasteiger partial charge < -0.3 is 10.6 Å². The van der Waals surface area contributed by atoms with Gasteiger partial charge in [0.15, 0.2) is 0 Å². The molecule has 3 heteroatoms. The minimum absolute atomic E-state index is 0.293. The third-order valence-corrected chi connectivity index (χ3v) is 3.28. The molecule has 2 N–H and O–H groups in total. The Morgan fingerprint density at radius 1 is 1.47 bits per heavy atom. The third-order valence-electron chi connectivity index (χ3n) is 3.28. The lowest BCUT2D eigenvalue weighted by Gasteiger charge is -2.23. The number of hydrogen-bond acceptors (Lipinski definition) is 2. The van der Waals surface area contributed by atoms with Crippen LogP contribution in [0.5, 0.6) is 0 Å². The molecule has 0 aromatic carbocycles. The molecule has 88 valence electrons. The second kappa shape index (κ2) is 6.11. The van der Waals surface area contributed by atoms with E-state index in [9.17, 15) is 4.79 Å². The van der Waals surface area contributed by atoms with Gasteiger partial charge in [-0.05, 0) is 38.1 Å². The Labute approximate surface area is 93.0 Å². The fourth-order valence-corrected chi connectivity index (χ4v) is 1.79. The van der Waals surface area contributed by atoms with Gasteiger partial charge in [0.25, 0.3) is 0 Å². The number of nitrogens with two attached hydrogens (primary N) is 1. The predicted molar refractivity (Wildman–Crippen MR) is 62.4 cm³/mol. The van der Waals surface area contributed by atoms with E-state index in [1.807, 2.05) is 4.90 Å². The van der Waals surface area contributed by atoms with Gasteiger partial charge in [-0.15, -0.1) is 0 Å². The number of rotatable bonds is 7. The van der Waals surface area contributed by atoms with Crippen molar-refractivity contribution in [1.82, 2.24) is 4.90 Å². The molecular formula is C12H24N2O. The van der Waals surface area contributed by atoms with Crippen LogP contribution in [-0.4, -0.2) is 30.4 Å². The van der Waals surface area contributed by atoms with Crippen molar-refractivity contribution < 1.29 is 4.79 Å². The van der Waals surface area contributed by atoms with E-state index in [4.69, 9.17) is 5.73 Å². The van der Waals surface area contributed by atoms with Gasteiger partial charge in [-0.1, -0.05) is 13.3 Å². The van der Waals surface area contributed by atoms with Gasteiger partial charge in [-0.3, -0.25) is 4.79 Å². The Hall–Kier alpha value is -0.570. The van der Waals surface area contributed by atoms with Crippen LogP contribution in [0.3, 0.4) is 0 Å². The number of carbonyl (C=O) groups excluding carboxylic acids is 1. The maximum Gasteiger partial charge on any atom is 0.222 e. The van der Waals surface area contributed by atoms with Gasteiger partial charge in [0.1, 0.15) is 0 Å². The molecule has 0 heterocycles. The summed E-state index contributed by atoms with van der Waals surface area (Å²) in [4.78, 5) is 13.9. The number of amides is 1. The first kappa shape index (κ1) is 12.5. The van der Waals surface area contributed by atoms with E-state index >= 15 is 0 Å². The molecule has 0 aliphatic heterocycles. The van der Waals surface area contributed by atoms with Crippen LogP contribution in [0.25, 0.3) is 0 Å². The van der Waals surface area contributed by atoms with E-state index < -0.39 is 0 Å². The second-order valence-electron chi connectivity index (χ2n) is 4.59. The van der Waals surface area contributed by atoms with Crippen molar-refractivity contribution in [3.63, 3.8) is 0 Å². The molecule has 1 aliphatic rings. The van der Waals surface area contributed by atoms with Gasteiger partial charge in [-0.25, -0.2) is 0 Å². The number of nitrogens with zero attached hydrogens (tertiary/aromatic N) is 1. The fraction of sp³-hybridized carbons (Fsp3) is 0.917. The monoisotopic (exact) mass is 212 g/mol. The summed E-state index contributed by atoms with van der Waals surface area (Å²) in [6.45, 7) is 6.60. The lowest BCUT2D eigenvalue weighted by Crippen LogP contribution is -2.34. The van der Waals surface area contributed by atoms with Crippen molar-refractivity contribution in [3.05, 3.63) is 0 Å². The Morgan fingerprint density at radius 2 is 2.13 bits per heavy atom. The molecule has 1 unspecified atom stereocenters. The van der Waals surface area contributed by atoms with Crippen LogP contribution in [0, 0.1) is 11.8 Å². The molecule has 1 saturated carbocycles. The van der Waals surface area contributed by atoms with Gasteiger partial charge >= 0.3 is 0 Å². The lowest BCUT2D eigenvalue weighted by atomic mass is 10.0. The van der Waals surface area contributed by atoms with Crippen LogP contribution in [-0.2, 0) is 4.79 Å². The molecular weight excluding hydrogens is 188 g/mol. The van der Waals surface area contributed by atoms with E-state index in [1.54, 1.807) is 0 Å². The van der Waals surface area contributed by atoms with E-state index in [2.05, 4.69) is 13.8 Å². The maximum atomic E-state index is 11.9. The van der Waals surface area contributed by atoms with Crippen LogP contribution in [0.15, 0.2) is 0 Å². The summed E-state index contributed by atoms with van der Waals surface area (Å²) in [7, 11) is 0. The quantitative estimate of drug-likeness (QED) is 0.697. The fourth-order valence-electron chi connectivity index (χ4n) is 1.79. The Morgan fingerprint density at radius 3 is 2.53 bits per heavy atom. The van der Waals surface area contributed by atoms with Crippen molar-refractivity contribution in [2.45, 2.75) is 39.5 Å². The normalized spacial score (nSPS) is 17.5. The molecule has 3 nitrogen and oxygen atoms in total. The van der Waals surface area contributed by atoms with E-state index in [0.717, 1.165) is 25.4 Å². The molecule has 0 aromatic heterocycles. The van der Waals surface area contributed by atoms with Crippen LogP contribution in [0.1, 0.15) is 39.5 Å². The molecule has 0 bridgehead atoms. The van der Waals surface area contributed by atoms with Crippen LogP contribution >= 0.6 is 0 Å². The minimum Gasteiger partial charge on any atom is -0.343 e. The number of carbonyl (C=O) groups is 1. The standard InChI is InChI=1S/C12H24N2O/c1-3-10(8-13)7-12(15)14(4-2)9-11-5-6-11/h10-11H,3-9,13H2,1-2H3. The zero-order chi connectivity index (χ0) is 11.3. The predicted octanol–water partition coefficient (Wildman–Crippen LogP) is 1.62. The lowest BCUT2D eigenvalue weighted by molar-refractivity contribution is -0.132. The smallest absolute Gasteiger partial charge is 0.222 e. The van der Waals surface area contributed by atoms with Crippen LogP contribution < -0.4 is 5.73 Å². The molecule has 1 fully saturated rings. The van der Waals surface area contributed by atoms with Crippen molar-refractivity contribution in [2.75, 3.05) is 19.6 Å². The largest absolute Gasteiger partial charge is 0.343 e. The Balaban J connectivity index is 2.33. The van der Waals surface area contributed by atoms with Gasteiger partial charge in [0.2, 0.25) is 5.91 Å². The Bertz CT molecular complexity index is 198. The highest BCUT2D eigenvalue weighted by Gasteiger charge is 2.26. The average molecular weight is 212 g/mol. The minimum atomic E-state index is 0.293. The molecule has 0 spiro atoms. The maximum absolute atomic E-state index is 11.9. The van der Waals surface area contributed by atoms with E-state index in [0.29, 0.717) is 24.8 Å². The van der Waals surface area contributed by atoms with Crippen molar-refractivity contribution >= 4 is 5.91 Å². The summed E-state index contributed by atoms with van der Waals surface area (Å²) in [6, 6.07) is 0. The van der Waals surface area contributed by atoms with Gasteiger partial charge in [-0.2, -0.15) is 0 Å². The highest BCUT2D eigenvalue weighted by atomic mass is 16.2.